The van der Waals surface area contributed by atoms with Crippen molar-refractivity contribution in [1.29, 1.82) is 5.41 Å². The first kappa shape index (κ1) is 20.3. The molecule has 0 aliphatic heterocycles. The lowest BCUT2D eigenvalue weighted by Crippen LogP contribution is -2.23. The standard InChI is InChI=1S/C21H28FN3S/c1-4-5-6-7-8-15-10-12-26-20(15)16-9-11-25-18(13-16)17(23)14-19(24)21(2,3)22/h9-14,23H,4-8,24H2,1-3H3. The number of aryl methyl sites for hydroxylation is 1. The molecule has 26 heavy (non-hydrogen) atoms. The molecular weight excluding hydrogens is 345 g/mol. The van der Waals surface area contributed by atoms with Gasteiger partial charge in [0.2, 0.25) is 0 Å². The number of thiophene rings is 1. The molecule has 2 aromatic heterocycles. The first-order valence-corrected chi connectivity index (χ1v) is 9.99. The second kappa shape index (κ2) is 9.08. The first-order chi connectivity index (χ1) is 12.3. The van der Waals surface area contributed by atoms with Gasteiger partial charge in [-0.1, -0.05) is 26.2 Å². The van der Waals surface area contributed by atoms with E-state index in [9.17, 15) is 4.39 Å². The Labute approximate surface area is 159 Å². The molecule has 0 fully saturated rings. The van der Waals surface area contributed by atoms with Crippen molar-refractivity contribution < 1.29 is 4.39 Å². The normalized spacial score (nSPS) is 12.4. The number of pyridine rings is 1. The van der Waals surface area contributed by atoms with Crippen LogP contribution >= 0.6 is 11.3 Å². The molecule has 0 aromatic carbocycles. The van der Waals surface area contributed by atoms with Gasteiger partial charge >= 0.3 is 0 Å². The summed E-state index contributed by atoms with van der Waals surface area (Å²) >= 11 is 1.71. The summed E-state index contributed by atoms with van der Waals surface area (Å²) in [4.78, 5) is 5.48. The number of allylic oxidation sites excluding steroid dienone is 2. The lowest BCUT2D eigenvalue weighted by atomic mass is 10.0. The fraction of sp³-hybridized carbons (Fsp3) is 0.429. The molecule has 3 N–H and O–H groups in total. The van der Waals surface area contributed by atoms with Gasteiger partial charge in [-0.3, -0.25) is 10.4 Å². The molecule has 0 saturated heterocycles. The third-order valence-electron chi connectivity index (χ3n) is 4.33. The van der Waals surface area contributed by atoms with Crippen LogP contribution in [0.25, 0.3) is 10.4 Å². The molecule has 0 atom stereocenters. The number of nitrogens with one attached hydrogen (secondary N) is 1. The molecule has 2 heterocycles. The molecule has 2 aromatic rings. The largest absolute Gasteiger partial charge is 0.399 e. The fourth-order valence-corrected chi connectivity index (χ4v) is 3.60. The van der Waals surface area contributed by atoms with E-state index in [2.05, 4.69) is 23.4 Å². The third-order valence-corrected chi connectivity index (χ3v) is 5.34. The number of nitrogens with two attached hydrogens (primary N) is 1. The average Bonchev–Trinajstić information content (AvgIpc) is 3.06. The van der Waals surface area contributed by atoms with Crippen LogP contribution in [0.2, 0.25) is 0 Å². The second-order valence-electron chi connectivity index (χ2n) is 7.00. The highest BCUT2D eigenvalue weighted by Gasteiger charge is 2.20. The minimum Gasteiger partial charge on any atom is -0.399 e. The van der Waals surface area contributed by atoms with E-state index in [0.29, 0.717) is 5.69 Å². The van der Waals surface area contributed by atoms with Crippen molar-refractivity contribution in [2.24, 2.45) is 5.73 Å². The number of halogens is 1. The molecule has 0 bridgehead atoms. The quantitative estimate of drug-likeness (QED) is 0.425. The van der Waals surface area contributed by atoms with Crippen LogP contribution < -0.4 is 5.73 Å². The van der Waals surface area contributed by atoms with E-state index in [1.54, 1.807) is 17.5 Å². The van der Waals surface area contributed by atoms with Crippen molar-refractivity contribution in [2.75, 3.05) is 0 Å². The number of alkyl halides is 1. The maximum atomic E-state index is 13.9. The third kappa shape index (κ3) is 5.49. The highest BCUT2D eigenvalue weighted by Crippen LogP contribution is 2.31. The Morgan fingerprint density at radius 1 is 1.31 bits per heavy atom. The van der Waals surface area contributed by atoms with Crippen molar-refractivity contribution in [1.82, 2.24) is 4.98 Å². The lowest BCUT2D eigenvalue weighted by Gasteiger charge is -2.14. The average molecular weight is 374 g/mol. The maximum absolute atomic E-state index is 13.9. The molecule has 0 unspecified atom stereocenters. The summed E-state index contributed by atoms with van der Waals surface area (Å²) in [5, 5.41) is 10.3. The van der Waals surface area contributed by atoms with E-state index in [-0.39, 0.29) is 11.4 Å². The summed E-state index contributed by atoms with van der Waals surface area (Å²) in [5.41, 5.74) is 7.14. The van der Waals surface area contributed by atoms with Crippen molar-refractivity contribution in [2.45, 2.75) is 58.5 Å². The molecule has 0 aliphatic rings. The molecule has 0 radical (unpaired) electrons. The molecule has 0 spiro atoms. The Balaban J connectivity index is 2.20. The van der Waals surface area contributed by atoms with Gasteiger partial charge in [-0.25, -0.2) is 4.39 Å². The maximum Gasteiger partial charge on any atom is 0.144 e. The Kier molecular flexibility index (Phi) is 7.09. The molecule has 140 valence electrons. The van der Waals surface area contributed by atoms with Gasteiger partial charge in [-0.05, 0) is 67.5 Å². The van der Waals surface area contributed by atoms with Crippen LogP contribution in [0.3, 0.4) is 0 Å². The Morgan fingerprint density at radius 2 is 2.08 bits per heavy atom. The van der Waals surface area contributed by atoms with E-state index in [0.717, 1.165) is 12.0 Å². The Bertz CT molecular complexity index is 772. The summed E-state index contributed by atoms with van der Waals surface area (Å²) in [6.45, 7) is 4.98. The predicted octanol–water partition coefficient (Wildman–Crippen LogP) is 5.89. The first-order valence-electron chi connectivity index (χ1n) is 9.11. The van der Waals surface area contributed by atoms with Crippen molar-refractivity contribution in [3.05, 3.63) is 52.8 Å². The molecule has 0 saturated carbocycles. The van der Waals surface area contributed by atoms with Gasteiger partial charge in [0.25, 0.3) is 0 Å². The van der Waals surface area contributed by atoms with Crippen LogP contribution in [0, 0.1) is 5.41 Å². The van der Waals surface area contributed by atoms with Crippen molar-refractivity contribution >= 4 is 17.0 Å². The monoisotopic (exact) mass is 373 g/mol. The Morgan fingerprint density at radius 3 is 2.77 bits per heavy atom. The highest BCUT2D eigenvalue weighted by molar-refractivity contribution is 7.13. The number of aromatic nitrogens is 1. The second-order valence-corrected chi connectivity index (χ2v) is 7.92. The molecule has 3 nitrogen and oxygen atoms in total. The summed E-state index contributed by atoms with van der Waals surface area (Å²) in [6, 6.07) is 6.03. The van der Waals surface area contributed by atoms with Gasteiger partial charge in [0.1, 0.15) is 5.67 Å². The molecule has 5 heteroatoms. The summed E-state index contributed by atoms with van der Waals surface area (Å²) in [5.74, 6) is 0. The number of hydrogen-bond acceptors (Lipinski definition) is 4. The van der Waals surface area contributed by atoms with E-state index in [4.69, 9.17) is 11.1 Å². The van der Waals surface area contributed by atoms with Crippen LogP contribution in [-0.4, -0.2) is 16.4 Å². The smallest absolute Gasteiger partial charge is 0.144 e. The van der Waals surface area contributed by atoms with Gasteiger partial charge in [0.15, 0.2) is 0 Å². The number of nitrogens with zero attached hydrogens (tertiary/aromatic N) is 1. The number of rotatable bonds is 9. The zero-order valence-corrected chi connectivity index (χ0v) is 16.6. The van der Waals surface area contributed by atoms with Crippen LogP contribution in [-0.2, 0) is 6.42 Å². The SMILES string of the molecule is CCCCCCc1ccsc1-c1ccnc(C(=N)C=C(N)C(C)(C)F)c1. The van der Waals surface area contributed by atoms with Crippen LogP contribution in [0.5, 0.6) is 0 Å². The predicted molar refractivity (Wildman–Crippen MR) is 110 cm³/mol. The van der Waals surface area contributed by atoms with Crippen LogP contribution in [0.1, 0.15) is 57.7 Å². The van der Waals surface area contributed by atoms with E-state index in [1.165, 1.54) is 56.0 Å². The summed E-state index contributed by atoms with van der Waals surface area (Å²) in [7, 11) is 0. The minimum absolute atomic E-state index is 0.0300. The topological polar surface area (TPSA) is 62.8 Å². The van der Waals surface area contributed by atoms with Gasteiger partial charge in [0, 0.05) is 16.8 Å². The molecule has 0 amide bonds. The highest BCUT2D eigenvalue weighted by atomic mass is 32.1. The van der Waals surface area contributed by atoms with Gasteiger partial charge < -0.3 is 5.73 Å². The molecule has 2 rings (SSSR count). The minimum atomic E-state index is -1.65. The molecule has 0 aliphatic carbocycles. The lowest BCUT2D eigenvalue weighted by molar-refractivity contribution is 0.266. The van der Waals surface area contributed by atoms with E-state index >= 15 is 0 Å². The Hall–Kier alpha value is -2.01. The van der Waals surface area contributed by atoms with Crippen LogP contribution in [0.4, 0.5) is 4.39 Å². The van der Waals surface area contributed by atoms with Gasteiger partial charge in [-0.15, -0.1) is 11.3 Å². The summed E-state index contributed by atoms with van der Waals surface area (Å²) < 4.78 is 13.9. The van der Waals surface area contributed by atoms with E-state index < -0.39 is 5.67 Å². The van der Waals surface area contributed by atoms with E-state index in [1.807, 2.05) is 12.1 Å². The summed E-state index contributed by atoms with van der Waals surface area (Å²) in [6.07, 6.45) is 9.07. The zero-order valence-electron chi connectivity index (χ0n) is 15.8. The van der Waals surface area contributed by atoms with Crippen LogP contribution in [0.15, 0.2) is 41.5 Å². The van der Waals surface area contributed by atoms with Gasteiger partial charge in [-0.2, -0.15) is 0 Å². The number of unbranched alkanes of at least 4 members (excludes halogenated alkanes) is 3. The van der Waals surface area contributed by atoms with Crippen molar-refractivity contribution in [3.8, 4) is 10.4 Å². The van der Waals surface area contributed by atoms with Crippen molar-refractivity contribution in [3.63, 3.8) is 0 Å². The fourth-order valence-electron chi connectivity index (χ4n) is 2.65. The zero-order chi connectivity index (χ0) is 19.2. The van der Waals surface area contributed by atoms with Gasteiger partial charge in [0.05, 0.1) is 11.4 Å². The molecular formula is C21H28FN3S. The number of hydrogen-bond donors (Lipinski definition) is 2.